The van der Waals surface area contributed by atoms with E-state index in [4.69, 9.17) is 5.73 Å². The maximum atomic E-state index is 12.3. The second-order valence-corrected chi connectivity index (χ2v) is 6.61. The minimum atomic E-state index is -0.184. The Morgan fingerprint density at radius 1 is 1.09 bits per heavy atom. The molecule has 1 heterocycles. The van der Waals surface area contributed by atoms with Crippen molar-refractivity contribution in [2.75, 3.05) is 11.1 Å². The molecule has 0 atom stereocenters. The van der Waals surface area contributed by atoms with Gasteiger partial charge in [0, 0.05) is 14.9 Å². The van der Waals surface area contributed by atoms with Gasteiger partial charge < -0.3 is 11.1 Å². The Morgan fingerprint density at radius 3 is 2.68 bits per heavy atom. The van der Waals surface area contributed by atoms with Crippen LogP contribution in [0.1, 0.15) is 10.4 Å². The second-order valence-electron chi connectivity index (χ2n) is 4.74. The van der Waals surface area contributed by atoms with E-state index in [1.165, 1.54) is 0 Å². The molecule has 0 aliphatic heterocycles. The minimum absolute atomic E-state index is 0.184. The van der Waals surface area contributed by atoms with E-state index in [9.17, 15) is 4.79 Å². The van der Waals surface area contributed by atoms with Gasteiger partial charge in [-0.1, -0.05) is 34.1 Å². The fourth-order valence-corrected chi connectivity index (χ4v) is 3.21. The van der Waals surface area contributed by atoms with Gasteiger partial charge in [-0.25, -0.2) is 0 Å². The van der Waals surface area contributed by atoms with Crippen LogP contribution in [0.25, 0.3) is 10.4 Å². The number of carbonyl (C=O) groups is 1. The van der Waals surface area contributed by atoms with E-state index in [-0.39, 0.29) is 5.91 Å². The van der Waals surface area contributed by atoms with Crippen LogP contribution in [0.5, 0.6) is 0 Å². The predicted octanol–water partition coefficient (Wildman–Crippen LogP) is 5.01. The number of nitrogen functional groups attached to an aromatic ring is 1. The van der Waals surface area contributed by atoms with E-state index in [0.29, 0.717) is 16.9 Å². The molecule has 3 rings (SSSR count). The van der Waals surface area contributed by atoms with Crippen molar-refractivity contribution >= 4 is 44.5 Å². The lowest BCUT2D eigenvalue weighted by Crippen LogP contribution is -2.13. The number of hydrogen-bond acceptors (Lipinski definition) is 3. The van der Waals surface area contributed by atoms with E-state index >= 15 is 0 Å². The fourth-order valence-electron chi connectivity index (χ4n) is 2.08. The number of anilines is 2. The number of amides is 1. The Balaban J connectivity index is 1.88. The highest BCUT2D eigenvalue weighted by Crippen LogP contribution is 2.30. The average molecular weight is 373 g/mol. The average Bonchev–Trinajstić information content (AvgIpc) is 3.04. The molecule has 1 aromatic heterocycles. The summed E-state index contributed by atoms with van der Waals surface area (Å²) in [6, 6.07) is 16.9. The van der Waals surface area contributed by atoms with Gasteiger partial charge in [-0.15, -0.1) is 11.3 Å². The SMILES string of the molecule is Nc1ccc(-c2cccs2)cc1NC(=O)c1cccc(Br)c1. The Kier molecular flexibility index (Phi) is 4.27. The molecule has 0 saturated heterocycles. The molecule has 1 amide bonds. The number of hydrogen-bond donors (Lipinski definition) is 2. The first-order valence-corrected chi connectivity index (χ1v) is 8.31. The molecule has 3 nitrogen and oxygen atoms in total. The van der Waals surface area contributed by atoms with Crippen LogP contribution >= 0.6 is 27.3 Å². The maximum Gasteiger partial charge on any atom is 0.255 e. The number of halogens is 1. The van der Waals surface area contributed by atoms with Crippen molar-refractivity contribution in [3.63, 3.8) is 0 Å². The van der Waals surface area contributed by atoms with Crippen LogP contribution in [-0.2, 0) is 0 Å². The number of thiophene rings is 1. The van der Waals surface area contributed by atoms with Crippen LogP contribution in [0, 0.1) is 0 Å². The first-order chi connectivity index (χ1) is 10.6. The van der Waals surface area contributed by atoms with Crippen LogP contribution in [0.4, 0.5) is 11.4 Å². The van der Waals surface area contributed by atoms with E-state index in [2.05, 4.69) is 21.2 Å². The van der Waals surface area contributed by atoms with Gasteiger partial charge in [0.1, 0.15) is 0 Å². The van der Waals surface area contributed by atoms with E-state index < -0.39 is 0 Å². The van der Waals surface area contributed by atoms with Crippen molar-refractivity contribution < 1.29 is 4.79 Å². The molecular weight excluding hydrogens is 360 g/mol. The Hall–Kier alpha value is -2.11. The Bertz CT molecular complexity index is 815. The topological polar surface area (TPSA) is 55.1 Å². The third-order valence-corrected chi connectivity index (χ3v) is 4.61. The summed E-state index contributed by atoms with van der Waals surface area (Å²) in [6.45, 7) is 0. The predicted molar refractivity (Wildman–Crippen MR) is 96.3 cm³/mol. The molecule has 5 heteroatoms. The lowest BCUT2D eigenvalue weighted by atomic mass is 10.1. The molecule has 0 radical (unpaired) electrons. The first kappa shape index (κ1) is 14.8. The van der Waals surface area contributed by atoms with Crippen molar-refractivity contribution in [3.8, 4) is 10.4 Å². The highest BCUT2D eigenvalue weighted by Gasteiger charge is 2.10. The van der Waals surface area contributed by atoms with Crippen LogP contribution < -0.4 is 11.1 Å². The molecule has 0 spiro atoms. The third-order valence-electron chi connectivity index (χ3n) is 3.19. The summed E-state index contributed by atoms with van der Waals surface area (Å²) in [4.78, 5) is 13.5. The summed E-state index contributed by atoms with van der Waals surface area (Å²) in [5.41, 5.74) is 8.76. The summed E-state index contributed by atoms with van der Waals surface area (Å²) < 4.78 is 0.862. The normalized spacial score (nSPS) is 10.4. The van der Waals surface area contributed by atoms with Crippen molar-refractivity contribution in [1.82, 2.24) is 0 Å². The molecule has 2 aromatic carbocycles. The zero-order valence-corrected chi connectivity index (χ0v) is 13.9. The summed E-state index contributed by atoms with van der Waals surface area (Å²) in [5, 5.41) is 4.90. The summed E-state index contributed by atoms with van der Waals surface area (Å²) >= 11 is 5.01. The molecule has 0 unspecified atom stereocenters. The number of nitrogens with one attached hydrogen (secondary N) is 1. The molecule has 3 N–H and O–H groups in total. The molecule has 0 aliphatic rings. The quantitative estimate of drug-likeness (QED) is 0.634. The third kappa shape index (κ3) is 3.21. The number of nitrogens with two attached hydrogens (primary N) is 1. The van der Waals surface area contributed by atoms with Crippen LogP contribution in [0.15, 0.2) is 64.5 Å². The van der Waals surface area contributed by atoms with Crippen molar-refractivity contribution in [2.24, 2.45) is 0 Å². The van der Waals surface area contributed by atoms with Gasteiger partial charge in [0.15, 0.2) is 0 Å². The molecule has 0 saturated carbocycles. The number of rotatable bonds is 3. The highest BCUT2D eigenvalue weighted by molar-refractivity contribution is 9.10. The molecule has 110 valence electrons. The number of benzene rings is 2. The van der Waals surface area contributed by atoms with Crippen molar-refractivity contribution in [2.45, 2.75) is 0 Å². The van der Waals surface area contributed by atoms with Gasteiger partial charge in [0.2, 0.25) is 0 Å². The molecule has 0 bridgehead atoms. The van der Waals surface area contributed by atoms with Crippen LogP contribution in [0.2, 0.25) is 0 Å². The summed E-state index contributed by atoms with van der Waals surface area (Å²) in [5.74, 6) is -0.184. The standard InChI is InChI=1S/C17H13BrN2OS/c18-13-4-1-3-12(9-13)17(21)20-15-10-11(6-7-14(15)19)16-5-2-8-22-16/h1-10H,19H2,(H,20,21). The monoisotopic (exact) mass is 372 g/mol. The summed E-state index contributed by atoms with van der Waals surface area (Å²) in [6.07, 6.45) is 0. The van der Waals surface area contributed by atoms with E-state index in [1.54, 1.807) is 23.5 Å². The van der Waals surface area contributed by atoms with Crippen molar-refractivity contribution in [3.05, 3.63) is 70.0 Å². The smallest absolute Gasteiger partial charge is 0.255 e. The largest absolute Gasteiger partial charge is 0.397 e. The van der Waals surface area contributed by atoms with Gasteiger partial charge in [-0.3, -0.25) is 4.79 Å². The molecule has 0 aliphatic carbocycles. The Labute approximate surface area is 140 Å². The number of carbonyl (C=O) groups excluding carboxylic acids is 1. The van der Waals surface area contributed by atoms with Crippen LogP contribution in [-0.4, -0.2) is 5.91 Å². The highest BCUT2D eigenvalue weighted by atomic mass is 79.9. The molecule has 0 fully saturated rings. The maximum absolute atomic E-state index is 12.3. The zero-order chi connectivity index (χ0) is 15.5. The van der Waals surface area contributed by atoms with Gasteiger partial charge in [-0.2, -0.15) is 0 Å². The van der Waals surface area contributed by atoms with Gasteiger partial charge >= 0.3 is 0 Å². The second kappa shape index (κ2) is 6.34. The minimum Gasteiger partial charge on any atom is -0.397 e. The fraction of sp³-hybridized carbons (Fsp3) is 0. The van der Waals surface area contributed by atoms with E-state index in [1.807, 2.05) is 47.8 Å². The Morgan fingerprint density at radius 2 is 1.95 bits per heavy atom. The van der Waals surface area contributed by atoms with Gasteiger partial charge in [0.25, 0.3) is 5.91 Å². The lowest BCUT2D eigenvalue weighted by molar-refractivity contribution is 0.102. The van der Waals surface area contributed by atoms with Gasteiger partial charge in [-0.05, 0) is 47.3 Å². The lowest BCUT2D eigenvalue weighted by Gasteiger charge is -2.10. The van der Waals surface area contributed by atoms with E-state index in [0.717, 1.165) is 14.9 Å². The molecular formula is C17H13BrN2OS. The first-order valence-electron chi connectivity index (χ1n) is 6.64. The zero-order valence-electron chi connectivity index (χ0n) is 11.5. The van der Waals surface area contributed by atoms with Gasteiger partial charge in [0.05, 0.1) is 11.4 Å². The summed E-state index contributed by atoms with van der Waals surface area (Å²) in [7, 11) is 0. The van der Waals surface area contributed by atoms with Crippen molar-refractivity contribution in [1.29, 1.82) is 0 Å². The molecule has 3 aromatic rings. The van der Waals surface area contributed by atoms with Crippen LogP contribution in [0.3, 0.4) is 0 Å². The molecule has 22 heavy (non-hydrogen) atoms.